The average molecular weight is 191 g/mol. The van der Waals surface area contributed by atoms with E-state index < -0.39 is 0 Å². The van der Waals surface area contributed by atoms with Crippen LogP contribution in [0.3, 0.4) is 0 Å². The molecule has 0 unspecified atom stereocenters. The van der Waals surface area contributed by atoms with E-state index in [-0.39, 0.29) is 5.41 Å². The van der Waals surface area contributed by atoms with Crippen LogP contribution in [0.4, 0.5) is 0 Å². The molecular formula is C13H19O. The summed E-state index contributed by atoms with van der Waals surface area (Å²) < 4.78 is 5.68. The Labute approximate surface area is 87.1 Å². The van der Waals surface area contributed by atoms with Gasteiger partial charge in [0.25, 0.3) is 0 Å². The highest BCUT2D eigenvalue weighted by Crippen LogP contribution is 2.30. The number of hydrogen-bond acceptors (Lipinski definition) is 1. The Morgan fingerprint density at radius 3 is 2.64 bits per heavy atom. The first-order valence-electron chi connectivity index (χ1n) is 5.19. The number of rotatable bonds is 3. The van der Waals surface area contributed by atoms with E-state index in [1.54, 1.807) is 0 Å². The third-order valence-electron chi connectivity index (χ3n) is 2.10. The zero-order valence-electron chi connectivity index (χ0n) is 9.55. The van der Waals surface area contributed by atoms with Crippen molar-refractivity contribution in [1.82, 2.24) is 0 Å². The highest BCUT2D eigenvalue weighted by molar-refractivity contribution is 5.37. The van der Waals surface area contributed by atoms with Crippen molar-refractivity contribution in [3.63, 3.8) is 0 Å². The van der Waals surface area contributed by atoms with Crippen LogP contribution >= 0.6 is 0 Å². The second-order valence-corrected chi connectivity index (χ2v) is 4.52. The van der Waals surface area contributed by atoms with E-state index in [0.717, 1.165) is 18.8 Å². The predicted molar refractivity (Wildman–Crippen MR) is 59.8 cm³/mol. The topological polar surface area (TPSA) is 9.23 Å². The third kappa shape index (κ3) is 2.76. The zero-order valence-corrected chi connectivity index (χ0v) is 9.55. The Hall–Kier alpha value is -0.980. The first kappa shape index (κ1) is 11.1. The second kappa shape index (κ2) is 4.50. The van der Waals surface area contributed by atoms with Crippen molar-refractivity contribution in [2.24, 2.45) is 0 Å². The van der Waals surface area contributed by atoms with Gasteiger partial charge in [-0.25, -0.2) is 0 Å². The molecule has 0 aliphatic heterocycles. The molecule has 0 spiro atoms. The van der Waals surface area contributed by atoms with Gasteiger partial charge in [-0.05, 0) is 29.5 Å². The van der Waals surface area contributed by atoms with Gasteiger partial charge in [-0.2, -0.15) is 0 Å². The van der Waals surface area contributed by atoms with Crippen LogP contribution < -0.4 is 4.74 Å². The molecule has 0 amide bonds. The molecule has 0 bridgehead atoms. The fourth-order valence-electron chi connectivity index (χ4n) is 1.37. The molecular weight excluding hydrogens is 172 g/mol. The minimum absolute atomic E-state index is 0.137. The van der Waals surface area contributed by atoms with E-state index in [9.17, 15) is 0 Å². The molecule has 0 aliphatic carbocycles. The lowest BCUT2D eigenvalue weighted by Gasteiger charge is -2.22. The number of benzene rings is 1. The summed E-state index contributed by atoms with van der Waals surface area (Å²) in [6, 6.07) is 9.02. The number of hydrogen-bond donors (Lipinski definition) is 0. The minimum atomic E-state index is 0.137. The monoisotopic (exact) mass is 191 g/mol. The molecule has 0 heterocycles. The normalized spacial score (nSPS) is 11.4. The molecule has 1 heteroatoms. The standard InChI is InChI=1S/C13H19O/c1-5-10-14-12-9-7-6-8-11(12)13(2,3)4/h6,8-9H,5,10H2,1-4H3. The lowest BCUT2D eigenvalue weighted by atomic mass is 9.86. The molecule has 1 aromatic rings. The van der Waals surface area contributed by atoms with Crippen molar-refractivity contribution in [2.75, 3.05) is 6.61 Å². The van der Waals surface area contributed by atoms with Crippen LogP contribution in [0.2, 0.25) is 0 Å². The zero-order chi connectivity index (χ0) is 10.6. The Kier molecular flexibility index (Phi) is 3.56. The van der Waals surface area contributed by atoms with Crippen LogP contribution in [0.25, 0.3) is 0 Å². The van der Waals surface area contributed by atoms with Gasteiger partial charge in [0, 0.05) is 0 Å². The summed E-state index contributed by atoms with van der Waals surface area (Å²) in [5.74, 6) is 0.974. The second-order valence-electron chi connectivity index (χ2n) is 4.52. The van der Waals surface area contributed by atoms with Crippen molar-refractivity contribution in [3.8, 4) is 5.75 Å². The van der Waals surface area contributed by atoms with Crippen LogP contribution in [0.15, 0.2) is 18.2 Å². The minimum Gasteiger partial charge on any atom is -0.493 e. The molecule has 0 N–H and O–H groups in total. The first-order chi connectivity index (χ1) is 6.55. The maximum atomic E-state index is 5.68. The molecule has 0 saturated heterocycles. The van der Waals surface area contributed by atoms with Crippen LogP contribution in [0.1, 0.15) is 39.7 Å². The molecule has 0 aromatic heterocycles. The van der Waals surface area contributed by atoms with Crippen LogP contribution in [0.5, 0.6) is 5.75 Å². The molecule has 1 nitrogen and oxygen atoms in total. The molecule has 1 radical (unpaired) electrons. The summed E-state index contributed by atoms with van der Waals surface area (Å²) in [6.45, 7) is 9.48. The molecule has 1 rings (SSSR count). The molecule has 0 atom stereocenters. The van der Waals surface area contributed by atoms with E-state index in [0.29, 0.717) is 0 Å². The molecule has 14 heavy (non-hydrogen) atoms. The molecule has 0 aliphatic rings. The SMILES string of the molecule is CCCOc1c[c]ccc1C(C)(C)C. The fourth-order valence-corrected chi connectivity index (χ4v) is 1.37. The Morgan fingerprint density at radius 1 is 1.36 bits per heavy atom. The van der Waals surface area contributed by atoms with Crippen molar-refractivity contribution < 1.29 is 4.74 Å². The lowest BCUT2D eigenvalue weighted by molar-refractivity contribution is 0.308. The van der Waals surface area contributed by atoms with Crippen molar-refractivity contribution in [3.05, 3.63) is 29.8 Å². The highest BCUT2D eigenvalue weighted by Gasteiger charge is 2.17. The Balaban J connectivity index is 2.92. The largest absolute Gasteiger partial charge is 0.493 e. The van der Waals surface area contributed by atoms with Gasteiger partial charge < -0.3 is 4.74 Å². The van der Waals surface area contributed by atoms with Crippen molar-refractivity contribution in [1.29, 1.82) is 0 Å². The highest BCUT2D eigenvalue weighted by atomic mass is 16.5. The van der Waals surface area contributed by atoms with Crippen LogP contribution in [-0.2, 0) is 5.41 Å². The Morgan fingerprint density at radius 2 is 2.07 bits per heavy atom. The van der Waals surface area contributed by atoms with Crippen LogP contribution in [0, 0.1) is 6.07 Å². The van der Waals surface area contributed by atoms with Crippen molar-refractivity contribution >= 4 is 0 Å². The summed E-state index contributed by atoms with van der Waals surface area (Å²) in [7, 11) is 0. The van der Waals surface area contributed by atoms with Gasteiger partial charge in [0.2, 0.25) is 0 Å². The molecule has 1 aromatic carbocycles. The quantitative estimate of drug-likeness (QED) is 0.709. The fraction of sp³-hybridized carbons (Fsp3) is 0.538. The number of ether oxygens (including phenoxy) is 1. The van der Waals surface area contributed by atoms with Gasteiger partial charge in [0.15, 0.2) is 0 Å². The van der Waals surface area contributed by atoms with Crippen molar-refractivity contribution in [2.45, 2.75) is 39.5 Å². The smallest absolute Gasteiger partial charge is 0.123 e. The maximum absolute atomic E-state index is 5.68. The van der Waals surface area contributed by atoms with Gasteiger partial charge in [-0.15, -0.1) is 0 Å². The van der Waals surface area contributed by atoms with Gasteiger partial charge in [-0.3, -0.25) is 0 Å². The molecule has 77 valence electrons. The van der Waals surface area contributed by atoms with Gasteiger partial charge in [-0.1, -0.05) is 39.8 Å². The maximum Gasteiger partial charge on any atom is 0.123 e. The van der Waals surface area contributed by atoms with Gasteiger partial charge >= 0.3 is 0 Å². The summed E-state index contributed by atoms with van der Waals surface area (Å²) in [4.78, 5) is 0. The molecule has 0 saturated carbocycles. The van der Waals surface area contributed by atoms with Gasteiger partial charge in [0.05, 0.1) is 6.61 Å². The van der Waals surface area contributed by atoms with E-state index >= 15 is 0 Å². The first-order valence-corrected chi connectivity index (χ1v) is 5.19. The summed E-state index contributed by atoms with van der Waals surface area (Å²) in [5, 5.41) is 0. The summed E-state index contributed by atoms with van der Waals surface area (Å²) in [6.07, 6.45) is 1.04. The van der Waals surface area contributed by atoms with Crippen LogP contribution in [-0.4, -0.2) is 6.61 Å². The Bertz CT molecular complexity index is 284. The summed E-state index contributed by atoms with van der Waals surface area (Å²) >= 11 is 0. The average Bonchev–Trinajstić information content (AvgIpc) is 2.14. The van der Waals surface area contributed by atoms with E-state index in [4.69, 9.17) is 4.74 Å². The summed E-state index contributed by atoms with van der Waals surface area (Å²) in [5.41, 5.74) is 1.39. The third-order valence-corrected chi connectivity index (χ3v) is 2.10. The van der Waals surface area contributed by atoms with Gasteiger partial charge in [0.1, 0.15) is 5.75 Å². The van der Waals surface area contributed by atoms with E-state index in [2.05, 4.69) is 39.8 Å². The van der Waals surface area contributed by atoms with E-state index in [1.807, 2.05) is 12.1 Å². The van der Waals surface area contributed by atoms with E-state index in [1.165, 1.54) is 5.56 Å². The molecule has 0 fully saturated rings. The predicted octanol–water partition coefficient (Wildman–Crippen LogP) is 3.57. The lowest BCUT2D eigenvalue weighted by Crippen LogP contribution is -2.13.